The summed E-state index contributed by atoms with van der Waals surface area (Å²) in [6.45, 7) is 0. The van der Waals surface area contributed by atoms with Crippen molar-refractivity contribution in [2.45, 2.75) is 6.23 Å². The minimum atomic E-state index is -0.654. The molecule has 1 heterocycles. The van der Waals surface area contributed by atoms with Crippen LogP contribution < -0.4 is 14.8 Å². The number of benzene rings is 2. The van der Waals surface area contributed by atoms with Crippen molar-refractivity contribution in [3.05, 3.63) is 53.6 Å². The second kappa shape index (κ2) is 4.77. The summed E-state index contributed by atoms with van der Waals surface area (Å²) in [6, 6.07) is 11.7. The van der Waals surface area contributed by atoms with Gasteiger partial charge in [0.25, 0.3) is 5.91 Å². The van der Waals surface area contributed by atoms with E-state index < -0.39 is 6.23 Å². The van der Waals surface area contributed by atoms with E-state index in [1.54, 1.807) is 42.5 Å². The van der Waals surface area contributed by atoms with Gasteiger partial charge in [-0.3, -0.25) is 4.79 Å². The number of carbonyl (C=O) groups excluding carboxylic acids is 1. The molecule has 0 fully saturated rings. The Hall–Kier alpha value is -2.69. The number of hydrogen-bond acceptors (Lipinski definition) is 4. The summed E-state index contributed by atoms with van der Waals surface area (Å²) in [5.41, 5.74) is 1.09. The summed E-state index contributed by atoms with van der Waals surface area (Å²) in [6.07, 6.45) is -0.654. The van der Waals surface area contributed by atoms with Gasteiger partial charge in [-0.15, -0.1) is 0 Å². The fourth-order valence-electron chi connectivity index (χ4n) is 2.16. The molecule has 2 aromatic carbocycles. The molecule has 5 heteroatoms. The highest BCUT2D eigenvalue weighted by Gasteiger charge is 2.29. The molecule has 1 atom stereocenters. The number of amides is 1. The zero-order valence-electron chi connectivity index (χ0n) is 10.8. The Balaban J connectivity index is 2.01. The smallest absolute Gasteiger partial charge is 0.258 e. The van der Waals surface area contributed by atoms with Gasteiger partial charge in [0.15, 0.2) is 17.7 Å². The van der Waals surface area contributed by atoms with E-state index in [1.165, 1.54) is 7.11 Å². The van der Waals surface area contributed by atoms with Crippen molar-refractivity contribution in [1.29, 1.82) is 0 Å². The van der Waals surface area contributed by atoms with E-state index in [2.05, 4.69) is 5.32 Å². The normalized spacial score (nSPS) is 16.9. The topological polar surface area (TPSA) is 67.8 Å². The molecule has 0 unspecified atom stereocenters. The standard InChI is InChI=1S/C15H13NO4/c1-19-12-7-3-6-11-13(12)20-15(16-14(11)18)9-4-2-5-10(17)8-9/h2-8,15,17H,1H3,(H,16,18)/t15-/m0/s1. The van der Waals surface area contributed by atoms with Crippen LogP contribution in [0.3, 0.4) is 0 Å². The van der Waals surface area contributed by atoms with Crippen LogP contribution >= 0.6 is 0 Å². The molecular formula is C15H13NO4. The maximum absolute atomic E-state index is 12.1. The van der Waals surface area contributed by atoms with Crippen molar-refractivity contribution in [2.75, 3.05) is 7.11 Å². The molecule has 1 aliphatic rings. The van der Waals surface area contributed by atoms with E-state index >= 15 is 0 Å². The molecule has 0 aliphatic carbocycles. The number of phenolic OH excluding ortho intramolecular Hbond substituents is 1. The van der Waals surface area contributed by atoms with E-state index in [0.717, 1.165) is 0 Å². The second-order valence-corrected chi connectivity index (χ2v) is 4.40. The maximum atomic E-state index is 12.1. The number of carbonyl (C=O) groups is 1. The van der Waals surface area contributed by atoms with Gasteiger partial charge in [-0.1, -0.05) is 18.2 Å². The van der Waals surface area contributed by atoms with Gasteiger partial charge in [0.2, 0.25) is 0 Å². The molecule has 5 nitrogen and oxygen atoms in total. The highest BCUT2D eigenvalue weighted by Crippen LogP contribution is 2.37. The van der Waals surface area contributed by atoms with Crippen molar-refractivity contribution >= 4 is 5.91 Å². The number of methoxy groups -OCH3 is 1. The molecule has 1 aliphatic heterocycles. The Morgan fingerprint density at radius 2 is 2.05 bits per heavy atom. The lowest BCUT2D eigenvalue weighted by atomic mass is 10.1. The number of nitrogens with one attached hydrogen (secondary N) is 1. The van der Waals surface area contributed by atoms with Crippen LogP contribution in [-0.4, -0.2) is 18.1 Å². The number of para-hydroxylation sites is 1. The van der Waals surface area contributed by atoms with E-state index in [-0.39, 0.29) is 11.7 Å². The first kappa shape index (κ1) is 12.3. The number of fused-ring (bicyclic) bond motifs is 1. The van der Waals surface area contributed by atoms with E-state index in [1.807, 2.05) is 0 Å². The first-order valence-electron chi connectivity index (χ1n) is 6.12. The predicted molar refractivity (Wildman–Crippen MR) is 71.9 cm³/mol. The van der Waals surface area contributed by atoms with Gasteiger partial charge in [-0.05, 0) is 24.3 Å². The third-order valence-electron chi connectivity index (χ3n) is 3.11. The number of hydrogen-bond donors (Lipinski definition) is 2. The highest BCUT2D eigenvalue weighted by atomic mass is 16.5. The van der Waals surface area contributed by atoms with Crippen LogP contribution in [-0.2, 0) is 0 Å². The summed E-state index contributed by atoms with van der Waals surface area (Å²) < 4.78 is 11.0. The zero-order chi connectivity index (χ0) is 14.1. The molecule has 0 bridgehead atoms. The molecule has 0 spiro atoms. The predicted octanol–water partition coefficient (Wildman–Crippen LogP) is 2.22. The van der Waals surface area contributed by atoms with Crippen LogP contribution in [0.5, 0.6) is 17.2 Å². The zero-order valence-corrected chi connectivity index (χ0v) is 10.8. The second-order valence-electron chi connectivity index (χ2n) is 4.40. The fraction of sp³-hybridized carbons (Fsp3) is 0.133. The molecule has 0 saturated carbocycles. The van der Waals surface area contributed by atoms with Gasteiger partial charge < -0.3 is 19.9 Å². The summed E-state index contributed by atoms with van der Waals surface area (Å²) in [5.74, 6) is 0.791. The lowest BCUT2D eigenvalue weighted by Crippen LogP contribution is -2.36. The van der Waals surface area contributed by atoms with Gasteiger partial charge in [0, 0.05) is 5.56 Å². The molecule has 0 aromatic heterocycles. The number of aromatic hydroxyl groups is 1. The van der Waals surface area contributed by atoms with E-state index in [4.69, 9.17) is 9.47 Å². The summed E-state index contributed by atoms with van der Waals surface area (Å²) in [5, 5.41) is 12.3. The van der Waals surface area contributed by atoms with Crippen molar-refractivity contribution in [2.24, 2.45) is 0 Å². The van der Waals surface area contributed by atoms with Gasteiger partial charge >= 0.3 is 0 Å². The van der Waals surface area contributed by atoms with Crippen LogP contribution in [0.4, 0.5) is 0 Å². The van der Waals surface area contributed by atoms with Crippen LogP contribution in [0.25, 0.3) is 0 Å². The minimum Gasteiger partial charge on any atom is -0.508 e. The van der Waals surface area contributed by atoms with Crippen molar-refractivity contribution in [3.63, 3.8) is 0 Å². The van der Waals surface area contributed by atoms with E-state index in [0.29, 0.717) is 22.6 Å². The number of phenols is 1. The number of rotatable bonds is 2. The Kier molecular flexibility index (Phi) is 2.95. The average molecular weight is 271 g/mol. The number of ether oxygens (including phenoxy) is 2. The maximum Gasteiger partial charge on any atom is 0.258 e. The largest absolute Gasteiger partial charge is 0.508 e. The fourth-order valence-corrected chi connectivity index (χ4v) is 2.16. The quantitative estimate of drug-likeness (QED) is 0.878. The Morgan fingerprint density at radius 1 is 1.25 bits per heavy atom. The molecule has 0 radical (unpaired) electrons. The van der Waals surface area contributed by atoms with Crippen molar-refractivity contribution in [3.8, 4) is 17.2 Å². The van der Waals surface area contributed by atoms with E-state index in [9.17, 15) is 9.90 Å². The van der Waals surface area contributed by atoms with Crippen LogP contribution in [0.1, 0.15) is 22.1 Å². The Morgan fingerprint density at radius 3 is 2.80 bits per heavy atom. The van der Waals surface area contributed by atoms with Crippen LogP contribution in [0.2, 0.25) is 0 Å². The minimum absolute atomic E-state index is 0.117. The Bertz CT molecular complexity index is 669. The first-order valence-corrected chi connectivity index (χ1v) is 6.12. The lowest BCUT2D eigenvalue weighted by Gasteiger charge is -2.28. The van der Waals surface area contributed by atoms with Gasteiger partial charge in [0.1, 0.15) is 5.75 Å². The van der Waals surface area contributed by atoms with Gasteiger partial charge in [0.05, 0.1) is 12.7 Å². The SMILES string of the molecule is COc1cccc2c1O[C@@H](c1cccc(O)c1)NC2=O. The molecule has 2 N–H and O–H groups in total. The first-order chi connectivity index (χ1) is 9.69. The average Bonchev–Trinajstić information content (AvgIpc) is 2.46. The van der Waals surface area contributed by atoms with Gasteiger partial charge in [-0.25, -0.2) is 0 Å². The summed E-state index contributed by atoms with van der Waals surface area (Å²) in [4.78, 5) is 12.1. The van der Waals surface area contributed by atoms with Gasteiger partial charge in [-0.2, -0.15) is 0 Å². The lowest BCUT2D eigenvalue weighted by molar-refractivity contribution is 0.0746. The third-order valence-corrected chi connectivity index (χ3v) is 3.11. The van der Waals surface area contributed by atoms with Crippen molar-refractivity contribution < 1.29 is 19.4 Å². The monoisotopic (exact) mass is 271 g/mol. The van der Waals surface area contributed by atoms with Crippen LogP contribution in [0.15, 0.2) is 42.5 Å². The summed E-state index contributed by atoms with van der Waals surface area (Å²) >= 11 is 0. The molecule has 1 amide bonds. The van der Waals surface area contributed by atoms with Crippen molar-refractivity contribution in [1.82, 2.24) is 5.32 Å². The molecule has 2 aromatic rings. The summed E-state index contributed by atoms with van der Waals surface area (Å²) in [7, 11) is 1.52. The third kappa shape index (κ3) is 2.03. The molecule has 20 heavy (non-hydrogen) atoms. The Labute approximate surface area is 115 Å². The molecule has 3 rings (SSSR count). The van der Waals surface area contributed by atoms with Crippen LogP contribution in [0, 0.1) is 0 Å². The molecule has 102 valence electrons. The highest BCUT2D eigenvalue weighted by molar-refractivity contribution is 5.98. The molecule has 0 saturated heterocycles. The molecular weight excluding hydrogens is 258 g/mol.